The summed E-state index contributed by atoms with van der Waals surface area (Å²) in [5.41, 5.74) is 2.41. The van der Waals surface area contributed by atoms with Crippen LogP contribution in [0.1, 0.15) is 23.5 Å². The first-order valence-corrected chi connectivity index (χ1v) is 9.68. The van der Waals surface area contributed by atoms with Gasteiger partial charge >= 0.3 is 0 Å². The van der Waals surface area contributed by atoms with E-state index in [-0.39, 0.29) is 24.2 Å². The van der Waals surface area contributed by atoms with Crippen LogP contribution in [0.5, 0.6) is 0 Å². The molecule has 1 heterocycles. The van der Waals surface area contributed by atoms with Crippen molar-refractivity contribution in [2.24, 2.45) is 0 Å². The second-order valence-electron chi connectivity index (χ2n) is 6.97. The number of amides is 2. The first-order chi connectivity index (χ1) is 13.7. The molecule has 2 amide bonds. The van der Waals surface area contributed by atoms with E-state index in [2.05, 4.69) is 46.4 Å². The van der Waals surface area contributed by atoms with Crippen molar-refractivity contribution in [1.82, 2.24) is 15.5 Å². The van der Waals surface area contributed by atoms with E-state index in [1.165, 1.54) is 11.1 Å². The van der Waals surface area contributed by atoms with Crippen LogP contribution >= 0.6 is 0 Å². The lowest BCUT2D eigenvalue weighted by Crippen LogP contribution is -2.57. The number of nitrogens with zero attached hydrogens (tertiary/aromatic N) is 1. The Morgan fingerprint density at radius 3 is 2.32 bits per heavy atom. The van der Waals surface area contributed by atoms with Crippen LogP contribution in [0.4, 0.5) is 0 Å². The summed E-state index contributed by atoms with van der Waals surface area (Å²) in [7, 11) is 0. The molecule has 3 rings (SSSR count). The monoisotopic (exact) mass is 377 g/mol. The minimum atomic E-state index is -0.464. The molecule has 1 aliphatic heterocycles. The van der Waals surface area contributed by atoms with Crippen molar-refractivity contribution in [2.75, 3.05) is 26.2 Å². The predicted octanol–water partition coefficient (Wildman–Crippen LogP) is 2.31. The van der Waals surface area contributed by atoms with E-state index in [4.69, 9.17) is 0 Å². The summed E-state index contributed by atoms with van der Waals surface area (Å²) in [6.45, 7) is 6.02. The molecule has 146 valence electrons. The number of carbonyl (C=O) groups excluding carboxylic acids is 2. The van der Waals surface area contributed by atoms with Crippen molar-refractivity contribution < 1.29 is 9.59 Å². The van der Waals surface area contributed by atoms with Gasteiger partial charge in [-0.25, -0.2) is 0 Å². The van der Waals surface area contributed by atoms with Crippen LogP contribution in [0, 0.1) is 0 Å². The summed E-state index contributed by atoms with van der Waals surface area (Å²) in [5.74, 6) is -0.0881. The van der Waals surface area contributed by atoms with Gasteiger partial charge in [0.25, 0.3) is 0 Å². The second kappa shape index (κ2) is 9.85. The maximum Gasteiger partial charge on any atom is 0.237 e. The van der Waals surface area contributed by atoms with Gasteiger partial charge in [-0.15, -0.1) is 6.58 Å². The fraction of sp³-hybridized carbons (Fsp3) is 0.304. The molecule has 0 aliphatic carbocycles. The van der Waals surface area contributed by atoms with Crippen LogP contribution < -0.4 is 10.6 Å². The number of hydrogen-bond donors (Lipinski definition) is 2. The summed E-state index contributed by atoms with van der Waals surface area (Å²) < 4.78 is 0. The highest BCUT2D eigenvalue weighted by Gasteiger charge is 2.33. The molecule has 1 unspecified atom stereocenters. The molecule has 2 aromatic rings. The molecule has 1 atom stereocenters. The summed E-state index contributed by atoms with van der Waals surface area (Å²) in [6.07, 6.45) is 1.79. The van der Waals surface area contributed by atoms with E-state index in [9.17, 15) is 9.59 Å². The van der Waals surface area contributed by atoms with Crippen molar-refractivity contribution in [3.05, 3.63) is 84.4 Å². The van der Waals surface area contributed by atoms with E-state index >= 15 is 0 Å². The number of nitrogens with one attached hydrogen (secondary N) is 2. The van der Waals surface area contributed by atoms with E-state index < -0.39 is 6.04 Å². The van der Waals surface area contributed by atoms with Gasteiger partial charge in [-0.3, -0.25) is 14.5 Å². The highest BCUT2D eigenvalue weighted by molar-refractivity contribution is 5.88. The molecule has 0 spiro atoms. The number of carbonyl (C=O) groups is 2. The average Bonchev–Trinajstić information content (AvgIpc) is 2.74. The molecule has 2 N–H and O–H groups in total. The third-order valence-corrected chi connectivity index (χ3v) is 5.08. The standard InChI is InChI=1S/C23H27N3O2/c1-2-13-24-22(27)16-21-23(28)25-14-15-26(21)17-20(18-9-5-3-6-10-18)19-11-7-4-8-12-19/h2-12,20-21H,1,13-17H2,(H,24,27)(H,25,28). The van der Waals surface area contributed by atoms with E-state index in [0.29, 0.717) is 19.6 Å². The second-order valence-corrected chi connectivity index (χ2v) is 6.97. The predicted molar refractivity (Wildman–Crippen MR) is 111 cm³/mol. The fourth-order valence-corrected chi connectivity index (χ4v) is 3.64. The maximum absolute atomic E-state index is 12.5. The Labute approximate surface area is 166 Å². The van der Waals surface area contributed by atoms with Gasteiger partial charge in [-0.2, -0.15) is 0 Å². The van der Waals surface area contributed by atoms with Gasteiger partial charge in [-0.1, -0.05) is 66.7 Å². The maximum atomic E-state index is 12.5. The SMILES string of the molecule is C=CCNC(=O)CC1C(=O)NCCN1CC(c1ccccc1)c1ccccc1. The largest absolute Gasteiger partial charge is 0.353 e. The van der Waals surface area contributed by atoms with E-state index in [1.54, 1.807) is 6.08 Å². The van der Waals surface area contributed by atoms with Crippen molar-refractivity contribution in [3.8, 4) is 0 Å². The summed E-state index contributed by atoms with van der Waals surface area (Å²) in [5, 5.41) is 5.67. The zero-order chi connectivity index (χ0) is 19.8. The van der Waals surface area contributed by atoms with Gasteiger partial charge in [0, 0.05) is 32.1 Å². The molecule has 2 aromatic carbocycles. The average molecular weight is 377 g/mol. The molecule has 1 fully saturated rings. The lowest BCUT2D eigenvalue weighted by molar-refractivity contribution is -0.133. The molecule has 5 heteroatoms. The topological polar surface area (TPSA) is 61.4 Å². The van der Waals surface area contributed by atoms with Crippen LogP contribution in [-0.2, 0) is 9.59 Å². The molecule has 1 aliphatic rings. The Hall–Kier alpha value is -2.92. The Kier molecular flexibility index (Phi) is 6.98. The van der Waals surface area contributed by atoms with Crippen LogP contribution in [0.25, 0.3) is 0 Å². The smallest absolute Gasteiger partial charge is 0.237 e. The molecule has 5 nitrogen and oxygen atoms in total. The van der Waals surface area contributed by atoms with Gasteiger partial charge in [-0.05, 0) is 11.1 Å². The zero-order valence-electron chi connectivity index (χ0n) is 16.0. The lowest BCUT2D eigenvalue weighted by atomic mass is 9.90. The molecule has 0 saturated carbocycles. The van der Waals surface area contributed by atoms with Crippen molar-refractivity contribution in [1.29, 1.82) is 0 Å². The Bertz CT molecular complexity index is 753. The minimum Gasteiger partial charge on any atom is -0.353 e. The van der Waals surface area contributed by atoms with Crippen molar-refractivity contribution >= 4 is 11.8 Å². The van der Waals surface area contributed by atoms with Crippen LogP contribution in [0.15, 0.2) is 73.3 Å². The number of piperazine rings is 1. The fourth-order valence-electron chi connectivity index (χ4n) is 3.64. The molecule has 28 heavy (non-hydrogen) atoms. The Morgan fingerprint density at radius 1 is 1.14 bits per heavy atom. The Morgan fingerprint density at radius 2 is 1.75 bits per heavy atom. The molecule has 0 radical (unpaired) electrons. The van der Waals surface area contributed by atoms with Crippen molar-refractivity contribution in [3.63, 3.8) is 0 Å². The molecule has 1 saturated heterocycles. The quantitative estimate of drug-likeness (QED) is 0.694. The third kappa shape index (κ3) is 5.08. The highest BCUT2D eigenvalue weighted by Crippen LogP contribution is 2.27. The summed E-state index contributed by atoms with van der Waals surface area (Å²) in [4.78, 5) is 26.9. The van der Waals surface area contributed by atoms with Crippen LogP contribution in [0.2, 0.25) is 0 Å². The van der Waals surface area contributed by atoms with Gasteiger partial charge in [0.05, 0.1) is 12.5 Å². The molecule has 0 bridgehead atoms. The Balaban J connectivity index is 1.82. The number of rotatable bonds is 8. The van der Waals surface area contributed by atoms with Gasteiger partial charge in [0.15, 0.2) is 0 Å². The third-order valence-electron chi connectivity index (χ3n) is 5.08. The lowest BCUT2D eigenvalue weighted by Gasteiger charge is -2.37. The van der Waals surface area contributed by atoms with Gasteiger partial charge in [0.2, 0.25) is 11.8 Å². The number of benzene rings is 2. The molecular formula is C23H27N3O2. The normalized spacial score (nSPS) is 17.2. The van der Waals surface area contributed by atoms with Gasteiger partial charge in [0.1, 0.15) is 0 Å². The zero-order valence-corrected chi connectivity index (χ0v) is 16.0. The number of hydrogen-bond acceptors (Lipinski definition) is 3. The van der Waals surface area contributed by atoms with E-state index in [0.717, 1.165) is 6.54 Å². The van der Waals surface area contributed by atoms with E-state index in [1.807, 2.05) is 36.4 Å². The van der Waals surface area contributed by atoms with Crippen molar-refractivity contribution in [2.45, 2.75) is 18.4 Å². The first-order valence-electron chi connectivity index (χ1n) is 9.68. The highest BCUT2D eigenvalue weighted by atomic mass is 16.2. The van der Waals surface area contributed by atoms with Gasteiger partial charge < -0.3 is 10.6 Å². The van der Waals surface area contributed by atoms with Crippen LogP contribution in [0.3, 0.4) is 0 Å². The summed E-state index contributed by atoms with van der Waals surface area (Å²) in [6, 6.07) is 20.2. The van der Waals surface area contributed by atoms with Crippen LogP contribution in [-0.4, -0.2) is 48.9 Å². The molecular weight excluding hydrogens is 350 g/mol. The first kappa shape index (κ1) is 19.8. The minimum absolute atomic E-state index is 0.0834. The summed E-state index contributed by atoms with van der Waals surface area (Å²) >= 11 is 0. The molecule has 0 aromatic heterocycles.